The van der Waals surface area contributed by atoms with Gasteiger partial charge in [0, 0.05) is 0 Å². The molecule has 2 unspecified atom stereocenters. The van der Waals surface area contributed by atoms with E-state index in [1.54, 1.807) is 0 Å². The van der Waals surface area contributed by atoms with Crippen LogP contribution in [0, 0.1) is 16.7 Å². The van der Waals surface area contributed by atoms with Gasteiger partial charge < -0.3 is 5.73 Å². The highest BCUT2D eigenvalue weighted by molar-refractivity contribution is 4.98. The smallest absolute Gasteiger partial charge is 0.00434 e. The predicted octanol–water partition coefficient (Wildman–Crippen LogP) is 3.58. The molecule has 1 rings (SSSR count). The number of hydrogen-bond acceptors (Lipinski definition) is 1. The molecule has 0 heterocycles. The third-order valence-corrected chi connectivity index (χ3v) is 3.75. The van der Waals surface area contributed by atoms with Crippen LogP contribution in [0.5, 0.6) is 0 Å². The summed E-state index contributed by atoms with van der Waals surface area (Å²) < 4.78 is 0. The average molecular weight is 197 g/mol. The molecule has 0 aliphatic heterocycles. The minimum atomic E-state index is 0.512. The second-order valence-electron chi connectivity index (χ2n) is 6.56. The number of rotatable bonds is 5. The molecular formula is C13H27N. The van der Waals surface area contributed by atoms with Crippen LogP contribution < -0.4 is 5.73 Å². The zero-order chi connectivity index (χ0) is 10.8. The number of unbranched alkanes of at least 4 members (excludes halogenated alkanes) is 1. The Morgan fingerprint density at radius 1 is 1.29 bits per heavy atom. The molecule has 0 saturated heterocycles. The highest BCUT2D eigenvalue weighted by atomic mass is 14.7. The Balaban J connectivity index is 2.06. The van der Waals surface area contributed by atoms with Gasteiger partial charge >= 0.3 is 0 Å². The van der Waals surface area contributed by atoms with Gasteiger partial charge in [0.05, 0.1) is 0 Å². The average Bonchev–Trinajstić information content (AvgIpc) is 2.70. The monoisotopic (exact) mass is 197 g/mol. The van der Waals surface area contributed by atoms with Crippen molar-refractivity contribution in [2.75, 3.05) is 6.54 Å². The zero-order valence-corrected chi connectivity index (χ0v) is 10.4. The molecule has 1 fully saturated rings. The van der Waals surface area contributed by atoms with Crippen molar-refractivity contribution in [1.82, 2.24) is 0 Å². The van der Waals surface area contributed by atoms with E-state index in [-0.39, 0.29) is 0 Å². The minimum Gasteiger partial charge on any atom is -0.330 e. The maximum absolute atomic E-state index is 5.68. The van der Waals surface area contributed by atoms with Crippen LogP contribution in [0.3, 0.4) is 0 Å². The summed E-state index contributed by atoms with van der Waals surface area (Å²) in [5.74, 6) is 0.831. The maximum Gasteiger partial charge on any atom is -0.00434 e. The fraction of sp³-hybridized carbons (Fsp3) is 1.00. The van der Waals surface area contributed by atoms with Gasteiger partial charge in [-0.05, 0) is 42.6 Å². The van der Waals surface area contributed by atoms with Crippen molar-refractivity contribution in [3.05, 3.63) is 0 Å². The molecule has 0 aromatic rings. The number of nitrogens with two attached hydrogens (primary N) is 1. The van der Waals surface area contributed by atoms with Crippen LogP contribution in [-0.2, 0) is 0 Å². The topological polar surface area (TPSA) is 26.0 Å². The predicted molar refractivity (Wildman–Crippen MR) is 63.2 cm³/mol. The molecule has 0 radical (unpaired) electrons. The van der Waals surface area contributed by atoms with Crippen molar-refractivity contribution >= 4 is 0 Å². The second kappa shape index (κ2) is 4.22. The first kappa shape index (κ1) is 12.0. The number of hydrogen-bond donors (Lipinski definition) is 1. The van der Waals surface area contributed by atoms with Crippen LogP contribution >= 0.6 is 0 Å². The highest BCUT2D eigenvalue weighted by Gasteiger charge is 2.47. The third kappa shape index (κ3) is 3.61. The summed E-state index contributed by atoms with van der Waals surface area (Å²) in [6.45, 7) is 10.3. The van der Waals surface area contributed by atoms with Gasteiger partial charge in [-0.3, -0.25) is 0 Å². The summed E-state index contributed by atoms with van der Waals surface area (Å²) in [4.78, 5) is 0. The van der Waals surface area contributed by atoms with Gasteiger partial charge in [-0.2, -0.15) is 0 Å². The molecule has 1 aliphatic rings. The van der Waals surface area contributed by atoms with Crippen molar-refractivity contribution < 1.29 is 0 Å². The minimum absolute atomic E-state index is 0.512. The van der Waals surface area contributed by atoms with Crippen LogP contribution in [0.4, 0.5) is 0 Å². The van der Waals surface area contributed by atoms with Crippen LogP contribution in [0.15, 0.2) is 0 Å². The molecule has 84 valence electrons. The van der Waals surface area contributed by atoms with Crippen LogP contribution in [0.25, 0.3) is 0 Å². The summed E-state index contributed by atoms with van der Waals surface area (Å²) in [6.07, 6.45) is 6.90. The van der Waals surface area contributed by atoms with E-state index in [1.807, 2.05) is 0 Å². The van der Waals surface area contributed by atoms with E-state index in [4.69, 9.17) is 5.73 Å². The normalized spacial score (nSPS) is 31.9. The van der Waals surface area contributed by atoms with Gasteiger partial charge in [0.2, 0.25) is 0 Å². The molecule has 0 spiro atoms. The molecule has 2 N–H and O–H groups in total. The van der Waals surface area contributed by atoms with Crippen molar-refractivity contribution in [3.63, 3.8) is 0 Å². The lowest BCUT2D eigenvalue weighted by Gasteiger charge is -2.18. The van der Waals surface area contributed by atoms with Crippen LogP contribution in [0.1, 0.15) is 59.8 Å². The molecule has 2 atom stereocenters. The highest BCUT2D eigenvalue weighted by Crippen LogP contribution is 2.55. The standard InChI is InChI=1S/C13H27N/c1-12(2,3)7-5-6-8-13(4)9-11(13)10-14/h11H,5-10,14H2,1-4H3. The summed E-state index contributed by atoms with van der Waals surface area (Å²) in [7, 11) is 0. The third-order valence-electron chi connectivity index (χ3n) is 3.75. The lowest BCUT2D eigenvalue weighted by atomic mass is 9.88. The molecule has 1 nitrogen and oxygen atoms in total. The first-order valence-electron chi connectivity index (χ1n) is 6.07. The van der Waals surface area contributed by atoms with E-state index in [1.165, 1.54) is 32.1 Å². The van der Waals surface area contributed by atoms with E-state index in [0.29, 0.717) is 10.8 Å². The molecule has 0 amide bonds. The first-order chi connectivity index (χ1) is 6.37. The summed E-state index contributed by atoms with van der Waals surface area (Å²) >= 11 is 0. The van der Waals surface area contributed by atoms with Gasteiger partial charge in [-0.25, -0.2) is 0 Å². The largest absolute Gasteiger partial charge is 0.330 e. The Labute approximate surface area is 89.5 Å². The lowest BCUT2D eigenvalue weighted by Crippen LogP contribution is -2.09. The van der Waals surface area contributed by atoms with Gasteiger partial charge in [-0.15, -0.1) is 0 Å². The fourth-order valence-corrected chi connectivity index (χ4v) is 2.36. The summed E-state index contributed by atoms with van der Waals surface area (Å²) in [5.41, 5.74) is 6.81. The Hall–Kier alpha value is -0.0400. The second-order valence-corrected chi connectivity index (χ2v) is 6.56. The molecule has 0 aromatic carbocycles. The molecular weight excluding hydrogens is 170 g/mol. The van der Waals surface area contributed by atoms with Crippen molar-refractivity contribution in [3.8, 4) is 0 Å². The quantitative estimate of drug-likeness (QED) is 0.670. The maximum atomic E-state index is 5.68. The Bertz CT molecular complexity index is 180. The first-order valence-corrected chi connectivity index (χ1v) is 6.07. The van der Waals surface area contributed by atoms with E-state index >= 15 is 0 Å². The van der Waals surface area contributed by atoms with E-state index < -0.39 is 0 Å². The van der Waals surface area contributed by atoms with Gasteiger partial charge in [0.15, 0.2) is 0 Å². The Morgan fingerprint density at radius 2 is 1.93 bits per heavy atom. The summed E-state index contributed by atoms with van der Waals surface area (Å²) in [5, 5.41) is 0. The molecule has 1 saturated carbocycles. The van der Waals surface area contributed by atoms with Gasteiger partial charge in [0.25, 0.3) is 0 Å². The fourth-order valence-electron chi connectivity index (χ4n) is 2.36. The molecule has 14 heavy (non-hydrogen) atoms. The lowest BCUT2D eigenvalue weighted by molar-refractivity contribution is 0.342. The van der Waals surface area contributed by atoms with Crippen LogP contribution in [-0.4, -0.2) is 6.54 Å². The SMILES string of the molecule is CC(C)(C)CCCCC1(C)CC1CN. The molecule has 1 heteroatoms. The van der Waals surface area contributed by atoms with E-state index in [2.05, 4.69) is 27.7 Å². The molecule has 0 bridgehead atoms. The van der Waals surface area contributed by atoms with Crippen LogP contribution in [0.2, 0.25) is 0 Å². The van der Waals surface area contributed by atoms with Crippen molar-refractivity contribution in [1.29, 1.82) is 0 Å². The Morgan fingerprint density at radius 3 is 2.36 bits per heavy atom. The van der Waals surface area contributed by atoms with Gasteiger partial charge in [0.1, 0.15) is 0 Å². The Kier molecular flexibility index (Phi) is 3.63. The van der Waals surface area contributed by atoms with E-state index in [0.717, 1.165) is 12.5 Å². The van der Waals surface area contributed by atoms with Gasteiger partial charge in [-0.1, -0.05) is 40.5 Å². The molecule has 0 aromatic heterocycles. The van der Waals surface area contributed by atoms with Crippen molar-refractivity contribution in [2.24, 2.45) is 22.5 Å². The summed E-state index contributed by atoms with van der Waals surface area (Å²) in [6, 6.07) is 0. The van der Waals surface area contributed by atoms with Crippen molar-refractivity contribution in [2.45, 2.75) is 59.8 Å². The zero-order valence-electron chi connectivity index (χ0n) is 10.4. The van der Waals surface area contributed by atoms with E-state index in [9.17, 15) is 0 Å². The molecule has 1 aliphatic carbocycles.